The Labute approximate surface area is 106 Å². The van der Waals surface area contributed by atoms with Crippen LogP contribution in [0.2, 0.25) is 0 Å². The highest BCUT2D eigenvalue weighted by molar-refractivity contribution is 5.98. The molecule has 1 saturated carbocycles. The summed E-state index contributed by atoms with van der Waals surface area (Å²) in [7, 11) is 0. The molecule has 0 atom stereocenters. The van der Waals surface area contributed by atoms with Crippen LogP contribution in [0.3, 0.4) is 0 Å². The lowest BCUT2D eigenvalue weighted by molar-refractivity contribution is -0.121. The fraction of sp³-hybridized carbons (Fsp3) is 0.429. The molecular formula is C14H17NO3. The first-order chi connectivity index (χ1) is 8.48. The molecule has 18 heavy (non-hydrogen) atoms. The Morgan fingerprint density at radius 3 is 2.56 bits per heavy atom. The van der Waals surface area contributed by atoms with Gasteiger partial charge >= 0.3 is 5.97 Å². The summed E-state index contributed by atoms with van der Waals surface area (Å²) in [5.74, 6) is -0.967. The van der Waals surface area contributed by atoms with Crippen molar-refractivity contribution < 1.29 is 14.7 Å². The third kappa shape index (κ3) is 2.23. The van der Waals surface area contributed by atoms with Crippen molar-refractivity contribution >= 4 is 17.6 Å². The van der Waals surface area contributed by atoms with Gasteiger partial charge in [0.05, 0.1) is 5.56 Å². The molecule has 0 radical (unpaired) electrons. The summed E-state index contributed by atoms with van der Waals surface area (Å²) in [6.07, 6.45) is 2.68. The number of rotatable bonds is 4. The van der Waals surface area contributed by atoms with Crippen LogP contribution < -0.4 is 5.32 Å². The Morgan fingerprint density at radius 2 is 2.06 bits per heavy atom. The highest BCUT2D eigenvalue weighted by Crippen LogP contribution is 2.49. The molecule has 1 aliphatic carbocycles. The Kier molecular flexibility index (Phi) is 3.11. The molecule has 0 spiro atoms. The molecule has 2 rings (SSSR count). The molecular weight excluding hydrogens is 230 g/mol. The van der Waals surface area contributed by atoms with Crippen LogP contribution in [-0.2, 0) is 4.79 Å². The minimum Gasteiger partial charge on any atom is -0.478 e. The summed E-state index contributed by atoms with van der Waals surface area (Å²) in [5.41, 5.74) is 1.27. The van der Waals surface area contributed by atoms with E-state index in [1.54, 1.807) is 19.1 Å². The Bertz CT molecular complexity index is 504. The predicted octanol–water partition coefficient (Wildman–Crippen LogP) is 2.82. The number of amides is 1. The van der Waals surface area contributed by atoms with Gasteiger partial charge in [-0.1, -0.05) is 13.0 Å². The average Bonchev–Trinajstić information content (AvgIpc) is 3.12. The second kappa shape index (κ2) is 4.44. The number of hydrogen-bond acceptors (Lipinski definition) is 2. The van der Waals surface area contributed by atoms with Crippen molar-refractivity contribution in [3.05, 3.63) is 29.3 Å². The zero-order valence-corrected chi connectivity index (χ0v) is 10.6. The molecule has 2 N–H and O–H groups in total. The number of hydrogen-bond donors (Lipinski definition) is 2. The molecule has 0 aliphatic heterocycles. The van der Waals surface area contributed by atoms with Crippen LogP contribution in [0.5, 0.6) is 0 Å². The average molecular weight is 247 g/mol. The summed E-state index contributed by atoms with van der Waals surface area (Å²) in [6, 6.07) is 4.97. The SMILES string of the molecule is CCC1(C(=O)Nc2ccc(C)c(C(=O)O)c2)CC1. The van der Waals surface area contributed by atoms with Gasteiger partial charge in [0.1, 0.15) is 0 Å². The van der Waals surface area contributed by atoms with Crippen LogP contribution in [-0.4, -0.2) is 17.0 Å². The van der Waals surface area contributed by atoms with E-state index in [2.05, 4.69) is 5.32 Å². The second-order valence-corrected chi connectivity index (χ2v) is 4.92. The highest BCUT2D eigenvalue weighted by atomic mass is 16.4. The van der Waals surface area contributed by atoms with E-state index in [1.807, 2.05) is 6.92 Å². The Balaban J connectivity index is 2.17. The molecule has 1 aromatic carbocycles. The third-order valence-electron chi connectivity index (χ3n) is 3.74. The predicted molar refractivity (Wildman–Crippen MR) is 68.7 cm³/mol. The van der Waals surface area contributed by atoms with Gasteiger partial charge in [0.15, 0.2) is 0 Å². The maximum Gasteiger partial charge on any atom is 0.336 e. The van der Waals surface area contributed by atoms with E-state index in [0.29, 0.717) is 11.3 Å². The highest BCUT2D eigenvalue weighted by Gasteiger charge is 2.47. The maximum atomic E-state index is 12.0. The zero-order valence-electron chi connectivity index (χ0n) is 10.6. The Morgan fingerprint density at radius 1 is 1.39 bits per heavy atom. The zero-order chi connectivity index (χ0) is 13.3. The fourth-order valence-electron chi connectivity index (χ4n) is 2.09. The Hall–Kier alpha value is -1.84. The van der Waals surface area contributed by atoms with Gasteiger partial charge in [-0.05, 0) is 43.9 Å². The molecule has 1 fully saturated rings. The minimum absolute atomic E-state index is 0.00481. The number of anilines is 1. The van der Waals surface area contributed by atoms with Crippen LogP contribution in [0, 0.1) is 12.3 Å². The molecule has 1 amide bonds. The number of benzene rings is 1. The third-order valence-corrected chi connectivity index (χ3v) is 3.74. The lowest BCUT2D eigenvalue weighted by Gasteiger charge is -2.13. The number of carboxylic acid groups (broad SMARTS) is 1. The van der Waals surface area contributed by atoms with Gasteiger partial charge in [0.25, 0.3) is 0 Å². The van der Waals surface area contributed by atoms with Gasteiger partial charge in [0, 0.05) is 11.1 Å². The molecule has 1 aromatic rings. The summed E-state index contributed by atoms with van der Waals surface area (Å²) >= 11 is 0. The van der Waals surface area contributed by atoms with Crippen LogP contribution in [0.4, 0.5) is 5.69 Å². The molecule has 0 aromatic heterocycles. The molecule has 0 bridgehead atoms. The van der Waals surface area contributed by atoms with Gasteiger partial charge in [0.2, 0.25) is 5.91 Å². The number of nitrogens with one attached hydrogen (secondary N) is 1. The fourth-order valence-corrected chi connectivity index (χ4v) is 2.09. The number of aryl methyl sites for hydroxylation is 1. The van der Waals surface area contributed by atoms with Gasteiger partial charge in [-0.2, -0.15) is 0 Å². The first-order valence-electron chi connectivity index (χ1n) is 6.14. The molecule has 0 unspecified atom stereocenters. The maximum absolute atomic E-state index is 12.0. The van der Waals surface area contributed by atoms with Gasteiger partial charge in [-0.15, -0.1) is 0 Å². The van der Waals surface area contributed by atoms with E-state index in [4.69, 9.17) is 5.11 Å². The number of carbonyl (C=O) groups excluding carboxylic acids is 1. The largest absolute Gasteiger partial charge is 0.478 e. The van der Waals surface area contributed by atoms with Crippen molar-refractivity contribution in [1.82, 2.24) is 0 Å². The first-order valence-corrected chi connectivity index (χ1v) is 6.14. The van der Waals surface area contributed by atoms with Gasteiger partial charge in [-0.3, -0.25) is 4.79 Å². The summed E-state index contributed by atoms with van der Waals surface area (Å²) in [6.45, 7) is 3.74. The molecule has 96 valence electrons. The van der Waals surface area contributed by atoms with Crippen LogP contribution in [0.15, 0.2) is 18.2 Å². The molecule has 0 heterocycles. The minimum atomic E-state index is -0.972. The van der Waals surface area contributed by atoms with Crippen molar-refractivity contribution in [1.29, 1.82) is 0 Å². The van der Waals surface area contributed by atoms with E-state index >= 15 is 0 Å². The van der Waals surface area contributed by atoms with Gasteiger partial charge in [-0.25, -0.2) is 4.79 Å². The summed E-state index contributed by atoms with van der Waals surface area (Å²) in [4.78, 5) is 23.0. The standard InChI is InChI=1S/C14H17NO3/c1-3-14(6-7-14)13(18)15-10-5-4-9(2)11(8-10)12(16)17/h4-5,8H,3,6-7H2,1-2H3,(H,15,18)(H,16,17). The lowest BCUT2D eigenvalue weighted by Crippen LogP contribution is -2.23. The van der Waals surface area contributed by atoms with Crippen LogP contribution in [0.1, 0.15) is 42.1 Å². The normalized spacial score (nSPS) is 16.1. The molecule has 4 nitrogen and oxygen atoms in total. The van der Waals surface area contributed by atoms with Crippen molar-refractivity contribution in [3.8, 4) is 0 Å². The number of carboxylic acids is 1. The first kappa shape index (κ1) is 12.6. The number of carbonyl (C=O) groups is 2. The topological polar surface area (TPSA) is 66.4 Å². The summed E-state index contributed by atoms with van der Waals surface area (Å²) in [5, 5.41) is 11.8. The second-order valence-electron chi connectivity index (χ2n) is 4.92. The van der Waals surface area contributed by atoms with E-state index in [0.717, 1.165) is 19.3 Å². The van der Waals surface area contributed by atoms with Gasteiger partial charge < -0.3 is 10.4 Å². The van der Waals surface area contributed by atoms with Crippen molar-refractivity contribution in [2.24, 2.45) is 5.41 Å². The lowest BCUT2D eigenvalue weighted by atomic mass is 10.0. The molecule has 1 aliphatic rings. The van der Waals surface area contributed by atoms with Crippen molar-refractivity contribution in [2.75, 3.05) is 5.32 Å². The number of aromatic carboxylic acids is 1. The molecule has 0 saturated heterocycles. The van der Waals surface area contributed by atoms with E-state index < -0.39 is 5.97 Å². The van der Waals surface area contributed by atoms with E-state index in [1.165, 1.54) is 6.07 Å². The monoisotopic (exact) mass is 247 g/mol. The van der Waals surface area contributed by atoms with Crippen LogP contribution in [0.25, 0.3) is 0 Å². The van der Waals surface area contributed by atoms with Crippen molar-refractivity contribution in [3.63, 3.8) is 0 Å². The molecule has 4 heteroatoms. The van der Waals surface area contributed by atoms with Crippen molar-refractivity contribution in [2.45, 2.75) is 33.1 Å². The summed E-state index contributed by atoms with van der Waals surface area (Å²) < 4.78 is 0. The van der Waals surface area contributed by atoms with E-state index in [9.17, 15) is 9.59 Å². The smallest absolute Gasteiger partial charge is 0.336 e. The quantitative estimate of drug-likeness (QED) is 0.859. The van der Waals surface area contributed by atoms with E-state index in [-0.39, 0.29) is 16.9 Å². The van der Waals surface area contributed by atoms with Crippen LogP contribution >= 0.6 is 0 Å².